The van der Waals surface area contributed by atoms with E-state index in [2.05, 4.69) is 83.4 Å². The molecule has 0 spiro atoms. The Hall–Kier alpha value is -1.64. The second-order valence-electron chi connectivity index (χ2n) is 6.77. The van der Waals surface area contributed by atoms with Gasteiger partial charge in [0.15, 0.2) is 5.96 Å². The van der Waals surface area contributed by atoms with Crippen LogP contribution < -0.4 is 10.6 Å². The van der Waals surface area contributed by atoms with Gasteiger partial charge in [-0.1, -0.05) is 51.1 Å². The van der Waals surface area contributed by atoms with Crippen molar-refractivity contribution in [1.82, 2.24) is 25.4 Å². The third-order valence-electron chi connectivity index (χ3n) is 5.28. The molecule has 2 N–H and O–H groups in total. The quantitative estimate of drug-likeness (QED) is 0.297. The van der Waals surface area contributed by atoms with Gasteiger partial charge in [0.1, 0.15) is 12.2 Å². The molecule has 0 atom stereocenters. The molecule has 2 rings (SSSR count). The van der Waals surface area contributed by atoms with Gasteiger partial charge in [-0.25, -0.2) is 0 Å². The van der Waals surface area contributed by atoms with E-state index in [1.54, 1.807) is 6.33 Å². The second-order valence-corrected chi connectivity index (χ2v) is 6.77. The minimum Gasteiger partial charge on any atom is -0.357 e. The number of aryl methyl sites for hydroxylation is 1. The molecule has 0 fully saturated rings. The zero-order valence-electron chi connectivity index (χ0n) is 17.6. The van der Waals surface area contributed by atoms with Gasteiger partial charge in [-0.15, -0.1) is 34.2 Å². The lowest BCUT2D eigenvalue weighted by molar-refractivity contribution is 0.406. The molecule has 0 saturated carbocycles. The number of rotatable bonds is 10. The van der Waals surface area contributed by atoms with Crippen molar-refractivity contribution in [3.05, 3.63) is 48.0 Å². The molecule has 0 aliphatic carbocycles. The number of benzene rings is 1. The van der Waals surface area contributed by atoms with Crippen molar-refractivity contribution in [1.29, 1.82) is 0 Å². The van der Waals surface area contributed by atoms with Crippen molar-refractivity contribution in [2.24, 2.45) is 4.99 Å². The Balaban J connectivity index is 0.00000392. The van der Waals surface area contributed by atoms with Crippen LogP contribution >= 0.6 is 24.0 Å². The van der Waals surface area contributed by atoms with E-state index in [1.165, 1.54) is 5.56 Å². The molecule has 1 aromatic carbocycles. The molecule has 156 valence electrons. The highest BCUT2D eigenvalue weighted by Gasteiger charge is 2.28. The molecule has 0 radical (unpaired) electrons. The molecule has 2 aromatic rings. The van der Waals surface area contributed by atoms with E-state index >= 15 is 0 Å². The van der Waals surface area contributed by atoms with E-state index in [-0.39, 0.29) is 29.4 Å². The van der Waals surface area contributed by atoms with E-state index in [9.17, 15) is 0 Å². The number of halogens is 1. The summed E-state index contributed by atoms with van der Waals surface area (Å²) in [5.41, 5.74) is 1.44. The summed E-state index contributed by atoms with van der Waals surface area (Å²) in [6.07, 6.45) is 4.81. The van der Waals surface area contributed by atoms with Crippen LogP contribution in [0.5, 0.6) is 0 Å². The Morgan fingerprint density at radius 3 is 2.39 bits per heavy atom. The number of nitrogens with zero attached hydrogens (tertiary/aromatic N) is 4. The fourth-order valence-electron chi connectivity index (χ4n) is 3.37. The third kappa shape index (κ3) is 6.46. The van der Waals surface area contributed by atoms with Crippen LogP contribution in [0.15, 0.2) is 41.7 Å². The first kappa shape index (κ1) is 24.4. The minimum atomic E-state index is 0. The molecule has 6 nitrogen and oxygen atoms in total. The topological polar surface area (TPSA) is 67.1 Å². The summed E-state index contributed by atoms with van der Waals surface area (Å²) in [6.45, 7) is 11.9. The Morgan fingerprint density at radius 2 is 1.79 bits per heavy atom. The fraction of sp³-hybridized carbons (Fsp3) is 0.571. The first-order chi connectivity index (χ1) is 13.2. The molecule has 1 aromatic heterocycles. The SMILES string of the molecule is CCNC(=NCC(CC)(CC)c1ccccc1)NCCn1cnnc1CC.I. The van der Waals surface area contributed by atoms with Gasteiger partial charge in [0, 0.05) is 31.5 Å². The number of hydrogen-bond acceptors (Lipinski definition) is 3. The average molecular weight is 498 g/mol. The Kier molecular flexibility index (Phi) is 11.1. The zero-order chi connectivity index (χ0) is 19.5. The van der Waals surface area contributed by atoms with Crippen molar-refractivity contribution in [2.45, 2.75) is 58.9 Å². The monoisotopic (exact) mass is 498 g/mol. The maximum atomic E-state index is 4.92. The highest BCUT2D eigenvalue weighted by Crippen LogP contribution is 2.31. The predicted octanol–water partition coefficient (Wildman–Crippen LogP) is 3.77. The maximum absolute atomic E-state index is 4.92. The first-order valence-electron chi connectivity index (χ1n) is 10.1. The Labute approximate surface area is 186 Å². The summed E-state index contributed by atoms with van der Waals surface area (Å²) in [5, 5.41) is 14.9. The number of aliphatic imine (C=N–C) groups is 1. The summed E-state index contributed by atoms with van der Waals surface area (Å²) < 4.78 is 2.09. The van der Waals surface area contributed by atoms with E-state index in [4.69, 9.17) is 4.99 Å². The van der Waals surface area contributed by atoms with Gasteiger partial charge in [-0.2, -0.15) is 0 Å². The van der Waals surface area contributed by atoms with Crippen molar-refractivity contribution in [2.75, 3.05) is 19.6 Å². The second kappa shape index (κ2) is 12.7. The lowest BCUT2D eigenvalue weighted by Crippen LogP contribution is -2.40. The standard InChI is InChI=1S/C21H34N6.HI/c1-5-19-26-25-17-27(19)15-14-23-20(22-8-4)24-16-21(6-2,7-3)18-12-10-9-11-13-18;/h9-13,17H,5-8,14-16H2,1-4H3,(H2,22,23,24);1H. The summed E-state index contributed by atoms with van der Waals surface area (Å²) in [6, 6.07) is 10.8. The van der Waals surface area contributed by atoms with E-state index in [1.807, 2.05) is 0 Å². The van der Waals surface area contributed by atoms with Gasteiger partial charge in [0.2, 0.25) is 0 Å². The number of hydrogen-bond donors (Lipinski definition) is 2. The van der Waals surface area contributed by atoms with Gasteiger partial charge in [-0.3, -0.25) is 4.99 Å². The first-order valence-corrected chi connectivity index (χ1v) is 10.1. The number of guanidine groups is 1. The van der Waals surface area contributed by atoms with Crippen LogP contribution in [0.4, 0.5) is 0 Å². The van der Waals surface area contributed by atoms with E-state index < -0.39 is 0 Å². The molecular formula is C21H35IN6. The molecule has 0 amide bonds. The molecule has 7 heteroatoms. The van der Waals surface area contributed by atoms with Gasteiger partial charge in [-0.05, 0) is 25.3 Å². The molecule has 0 saturated heterocycles. The van der Waals surface area contributed by atoms with Crippen molar-refractivity contribution < 1.29 is 0 Å². The van der Waals surface area contributed by atoms with Crippen LogP contribution in [0.1, 0.15) is 51.9 Å². The molecule has 0 unspecified atom stereocenters. The van der Waals surface area contributed by atoms with Crippen LogP contribution in [0.3, 0.4) is 0 Å². The fourth-order valence-corrected chi connectivity index (χ4v) is 3.37. The average Bonchev–Trinajstić information content (AvgIpc) is 3.17. The minimum absolute atomic E-state index is 0. The highest BCUT2D eigenvalue weighted by atomic mass is 127. The van der Waals surface area contributed by atoms with Gasteiger partial charge in [0.25, 0.3) is 0 Å². The number of aromatic nitrogens is 3. The van der Waals surface area contributed by atoms with Crippen LogP contribution in [0.2, 0.25) is 0 Å². The lowest BCUT2D eigenvalue weighted by Gasteiger charge is -2.31. The summed E-state index contributed by atoms with van der Waals surface area (Å²) in [4.78, 5) is 4.92. The molecular weight excluding hydrogens is 463 g/mol. The van der Waals surface area contributed by atoms with Crippen LogP contribution in [-0.2, 0) is 18.4 Å². The molecule has 0 aliphatic rings. The van der Waals surface area contributed by atoms with E-state index in [0.29, 0.717) is 0 Å². The van der Waals surface area contributed by atoms with Crippen LogP contribution in [0.25, 0.3) is 0 Å². The zero-order valence-corrected chi connectivity index (χ0v) is 19.9. The third-order valence-corrected chi connectivity index (χ3v) is 5.28. The molecule has 0 bridgehead atoms. The Bertz CT molecular complexity index is 694. The van der Waals surface area contributed by atoms with Gasteiger partial charge < -0.3 is 15.2 Å². The van der Waals surface area contributed by atoms with Crippen molar-refractivity contribution >= 4 is 29.9 Å². The molecule has 0 aliphatic heterocycles. The van der Waals surface area contributed by atoms with Gasteiger partial charge >= 0.3 is 0 Å². The van der Waals surface area contributed by atoms with E-state index in [0.717, 1.165) is 57.2 Å². The summed E-state index contributed by atoms with van der Waals surface area (Å²) in [7, 11) is 0. The molecule has 28 heavy (non-hydrogen) atoms. The normalized spacial score (nSPS) is 11.8. The Morgan fingerprint density at radius 1 is 1.07 bits per heavy atom. The molecule has 1 heterocycles. The predicted molar refractivity (Wildman–Crippen MR) is 127 cm³/mol. The summed E-state index contributed by atoms with van der Waals surface area (Å²) >= 11 is 0. The maximum Gasteiger partial charge on any atom is 0.191 e. The summed E-state index contributed by atoms with van der Waals surface area (Å²) in [5.74, 6) is 1.88. The number of nitrogens with one attached hydrogen (secondary N) is 2. The van der Waals surface area contributed by atoms with Crippen molar-refractivity contribution in [3.63, 3.8) is 0 Å². The smallest absolute Gasteiger partial charge is 0.191 e. The van der Waals surface area contributed by atoms with Crippen LogP contribution in [-0.4, -0.2) is 40.4 Å². The van der Waals surface area contributed by atoms with Crippen molar-refractivity contribution in [3.8, 4) is 0 Å². The highest BCUT2D eigenvalue weighted by molar-refractivity contribution is 14.0. The largest absolute Gasteiger partial charge is 0.357 e. The van der Waals surface area contributed by atoms with Gasteiger partial charge in [0.05, 0.1) is 6.54 Å². The lowest BCUT2D eigenvalue weighted by atomic mass is 9.76. The van der Waals surface area contributed by atoms with Crippen LogP contribution in [0, 0.1) is 0 Å².